The lowest BCUT2D eigenvalue weighted by Gasteiger charge is -2.35. The highest BCUT2D eigenvalue weighted by molar-refractivity contribution is 5.51. The van der Waals surface area contributed by atoms with Gasteiger partial charge in [-0.2, -0.15) is 0 Å². The van der Waals surface area contributed by atoms with Gasteiger partial charge >= 0.3 is 0 Å². The minimum atomic E-state index is 0.646. The van der Waals surface area contributed by atoms with Gasteiger partial charge in [0, 0.05) is 38.9 Å². The van der Waals surface area contributed by atoms with E-state index in [9.17, 15) is 0 Å². The van der Waals surface area contributed by atoms with E-state index in [1.807, 2.05) is 22.6 Å². The van der Waals surface area contributed by atoms with Crippen LogP contribution in [0.15, 0.2) is 48.9 Å². The second kappa shape index (κ2) is 7.53. The van der Waals surface area contributed by atoms with Crippen molar-refractivity contribution in [3.05, 3.63) is 54.5 Å². The summed E-state index contributed by atoms with van der Waals surface area (Å²) in [5.74, 6) is 2.64. The van der Waals surface area contributed by atoms with Gasteiger partial charge in [-0.25, -0.2) is 4.98 Å². The van der Waals surface area contributed by atoms with Gasteiger partial charge in [0.15, 0.2) is 0 Å². The van der Waals surface area contributed by atoms with Crippen LogP contribution in [0.5, 0.6) is 5.75 Å². The molecule has 0 bridgehead atoms. The van der Waals surface area contributed by atoms with Crippen LogP contribution in [0.25, 0.3) is 11.9 Å². The van der Waals surface area contributed by atoms with Crippen LogP contribution < -0.4 is 9.64 Å². The van der Waals surface area contributed by atoms with E-state index in [4.69, 9.17) is 4.74 Å². The van der Waals surface area contributed by atoms with Crippen LogP contribution >= 0.6 is 0 Å². The monoisotopic (exact) mass is 350 g/mol. The predicted molar refractivity (Wildman–Crippen MR) is 101 cm³/mol. The van der Waals surface area contributed by atoms with E-state index in [1.165, 1.54) is 5.56 Å². The van der Waals surface area contributed by atoms with Gasteiger partial charge in [-0.05, 0) is 23.8 Å². The quantitative estimate of drug-likeness (QED) is 0.701. The molecular weight excluding hydrogens is 328 g/mol. The molecule has 3 aromatic rings. The van der Waals surface area contributed by atoms with Crippen LogP contribution in [0.2, 0.25) is 0 Å². The zero-order valence-corrected chi connectivity index (χ0v) is 14.8. The van der Waals surface area contributed by atoms with Crippen LogP contribution in [0, 0.1) is 0 Å². The van der Waals surface area contributed by atoms with Crippen LogP contribution in [-0.4, -0.2) is 64.3 Å². The van der Waals surface area contributed by atoms with Crippen molar-refractivity contribution in [3.8, 4) is 5.75 Å². The number of hydrogen-bond donors (Lipinski definition) is 0. The minimum absolute atomic E-state index is 0.646. The van der Waals surface area contributed by atoms with Crippen LogP contribution in [0.1, 0.15) is 5.56 Å². The molecule has 3 heterocycles. The lowest BCUT2D eigenvalue weighted by molar-refractivity contribution is 0.283. The molecule has 0 N–H and O–H groups in total. The number of aromatic nitrogens is 4. The third kappa shape index (κ3) is 3.52. The summed E-state index contributed by atoms with van der Waals surface area (Å²) in [7, 11) is 1.69. The van der Waals surface area contributed by atoms with Crippen molar-refractivity contribution >= 4 is 17.7 Å². The maximum Gasteiger partial charge on any atom is 0.256 e. The highest BCUT2D eigenvalue weighted by atomic mass is 16.5. The van der Waals surface area contributed by atoms with Crippen LogP contribution in [0.4, 0.5) is 5.82 Å². The standard InChI is InChI=1S/C19H22N6O/c1-26-17-6-4-16(5-7-17)3-2-10-23-11-13-24(14-12-23)18-8-9-20-19-22-21-15-25(18)19/h2-9,15H,10-14H2,1H3. The smallest absolute Gasteiger partial charge is 0.256 e. The first-order valence-corrected chi connectivity index (χ1v) is 8.76. The molecule has 7 nitrogen and oxygen atoms in total. The largest absolute Gasteiger partial charge is 0.497 e. The Bertz CT molecular complexity index is 880. The summed E-state index contributed by atoms with van der Waals surface area (Å²) in [4.78, 5) is 9.05. The molecule has 0 atom stereocenters. The van der Waals surface area contributed by atoms with Gasteiger partial charge in [-0.1, -0.05) is 24.3 Å². The van der Waals surface area contributed by atoms with E-state index in [1.54, 1.807) is 19.6 Å². The Morgan fingerprint density at radius 3 is 2.65 bits per heavy atom. The average molecular weight is 350 g/mol. The fraction of sp³-hybridized carbons (Fsp3) is 0.316. The Balaban J connectivity index is 1.32. The van der Waals surface area contributed by atoms with Gasteiger partial charge in [-0.15, -0.1) is 10.2 Å². The van der Waals surface area contributed by atoms with E-state index in [0.29, 0.717) is 5.78 Å². The molecule has 0 aliphatic carbocycles. The number of fused-ring (bicyclic) bond motifs is 1. The van der Waals surface area contributed by atoms with Gasteiger partial charge in [0.2, 0.25) is 0 Å². The summed E-state index contributed by atoms with van der Waals surface area (Å²) in [6.45, 7) is 4.97. The number of rotatable bonds is 5. The summed E-state index contributed by atoms with van der Waals surface area (Å²) in [6.07, 6.45) is 7.90. The molecule has 1 fully saturated rings. The van der Waals surface area contributed by atoms with E-state index in [-0.39, 0.29) is 0 Å². The van der Waals surface area contributed by atoms with Crippen molar-refractivity contribution in [2.24, 2.45) is 0 Å². The number of benzene rings is 1. The first-order chi connectivity index (χ1) is 12.8. The highest BCUT2D eigenvalue weighted by Crippen LogP contribution is 2.17. The molecule has 0 amide bonds. The molecular formula is C19H22N6O. The summed E-state index contributed by atoms with van der Waals surface area (Å²) in [5.41, 5.74) is 1.19. The van der Waals surface area contributed by atoms with Gasteiger partial charge < -0.3 is 9.64 Å². The second-order valence-electron chi connectivity index (χ2n) is 6.27. The third-order valence-corrected chi connectivity index (χ3v) is 4.68. The van der Waals surface area contributed by atoms with E-state index in [2.05, 4.69) is 49.3 Å². The number of hydrogen-bond acceptors (Lipinski definition) is 6. The topological polar surface area (TPSA) is 58.8 Å². The van der Waals surface area contributed by atoms with Gasteiger partial charge in [-0.3, -0.25) is 9.30 Å². The van der Waals surface area contributed by atoms with Gasteiger partial charge in [0.25, 0.3) is 5.78 Å². The molecule has 0 saturated carbocycles. The Labute approximate surface area is 152 Å². The summed E-state index contributed by atoms with van der Waals surface area (Å²) in [5, 5.41) is 7.97. The summed E-state index contributed by atoms with van der Waals surface area (Å²) >= 11 is 0. The van der Waals surface area contributed by atoms with Crippen LogP contribution in [-0.2, 0) is 0 Å². The Morgan fingerprint density at radius 1 is 1.08 bits per heavy atom. The lowest BCUT2D eigenvalue weighted by Crippen LogP contribution is -2.46. The molecule has 1 saturated heterocycles. The average Bonchev–Trinajstić information content (AvgIpc) is 3.18. The Kier molecular flexibility index (Phi) is 4.79. The van der Waals surface area contributed by atoms with Crippen molar-refractivity contribution < 1.29 is 4.74 Å². The molecule has 7 heteroatoms. The van der Waals surface area contributed by atoms with Crippen molar-refractivity contribution in [1.82, 2.24) is 24.5 Å². The maximum absolute atomic E-state index is 5.19. The number of methoxy groups -OCH3 is 1. The fourth-order valence-electron chi connectivity index (χ4n) is 3.20. The lowest BCUT2D eigenvalue weighted by atomic mass is 10.2. The summed E-state index contributed by atoms with van der Waals surface area (Å²) in [6, 6.07) is 10.1. The van der Waals surface area contributed by atoms with Crippen molar-refractivity contribution in [3.63, 3.8) is 0 Å². The molecule has 4 rings (SSSR count). The molecule has 1 aromatic carbocycles. The Hall–Kier alpha value is -2.93. The third-order valence-electron chi connectivity index (χ3n) is 4.68. The zero-order chi connectivity index (χ0) is 17.8. The van der Waals surface area contributed by atoms with E-state index >= 15 is 0 Å². The van der Waals surface area contributed by atoms with Crippen LogP contribution in [0.3, 0.4) is 0 Å². The molecule has 1 aliphatic rings. The van der Waals surface area contributed by atoms with Gasteiger partial charge in [0.1, 0.15) is 17.9 Å². The molecule has 0 unspecified atom stereocenters. The predicted octanol–water partition coefficient (Wildman–Crippen LogP) is 1.97. The van der Waals surface area contributed by atoms with E-state index in [0.717, 1.165) is 44.3 Å². The van der Waals surface area contributed by atoms with Crippen molar-refractivity contribution in [2.45, 2.75) is 0 Å². The fourth-order valence-corrected chi connectivity index (χ4v) is 3.20. The summed E-state index contributed by atoms with van der Waals surface area (Å²) < 4.78 is 7.13. The molecule has 134 valence electrons. The molecule has 0 radical (unpaired) electrons. The number of anilines is 1. The Morgan fingerprint density at radius 2 is 1.88 bits per heavy atom. The normalized spacial score (nSPS) is 15.8. The highest BCUT2D eigenvalue weighted by Gasteiger charge is 2.18. The molecule has 26 heavy (non-hydrogen) atoms. The van der Waals surface area contributed by atoms with Crippen molar-refractivity contribution in [1.29, 1.82) is 0 Å². The number of piperazine rings is 1. The molecule has 2 aromatic heterocycles. The molecule has 1 aliphatic heterocycles. The van der Waals surface area contributed by atoms with Gasteiger partial charge in [0.05, 0.1) is 7.11 Å². The van der Waals surface area contributed by atoms with Crippen molar-refractivity contribution in [2.75, 3.05) is 44.7 Å². The van der Waals surface area contributed by atoms with E-state index < -0.39 is 0 Å². The minimum Gasteiger partial charge on any atom is -0.497 e. The number of ether oxygens (including phenoxy) is 1. The first-order valence-electron chi connectivity index (χ1n) is 8.76. The maximum atomic E-state index is 5.19. The second-order valence-corrected chi connectivity index (χ2v) is 6.27. The SMILES string of the molecule is COc1ccc(C=CCN2CCN(c3ccnc4nncn34)CC2)cc1. The number of nitrogens with zero attached hydrogens (tertiary/aromatic N) is 6. The first kappa shape index (κ1) is 16.5. The molecule has 0 spiro atoms. The zero-order valence-electron chi connectivity index (χ0n) is 14.8.